The molecular formula is C19H20N6O2. The predicted octanol–water partition coefficient (Wildman–Crippen LogP) is 0.972. The minimum absolute atomic E-state index is 0.000765. The average Bonchev–Trinajstić information content (AvgIpc) is 2.71. The summed E-state index contributed by atoms with van der Waals surface area (Å²) in [5.41, 5.74) is 0.420. The Morgan fingerprint density at radius 1 is 1.15 bits per heavy atom. The van der Waals surface area contributed by atoms with Crippen LogP contribution in [0.1, 0.15) is 12.8 Å². The van der Waals surface area contributed by atoms with Gasteiger partial charge in [0.15, 0.2) is 0 Å². The first-order valence-corrected chi connectivity index (χ1v) is 8.96. The quantitative estimate of drug-likeness (QED) is 0.742. The molecule has 0 spiro atoms. The maximum atomic E-state index is 12.5. The summed E-state index contributed by atoms with van der Waals surface area (Å²) >= 11 is 0. The molecule has 1 aliphatic heterocycles. The molecule has 4 rings (SSSR count). The van der Waals surface area contributed by atoms with E-state index < -0.39 is 0 Å². The van der Waals surface area contributed by atoms with Gasteiger partial charge in [-0.2, -0.15) is 0 Å². The molecule has 8 nitrogen and oxygen atoms in total. The van der Waals surface area contributed by atoms with E-state index >= 15 is 0 Å². The van der Waals surface area contributed by atoms with Crippen LogP contribution in [0.3, 0.4) is 0 Å². The van der Waals surface area contributed by atoms with Crippen LogP contribution in [0.25, 0.3) is 10.9 Å². The SMILES string of the molecule is O=C(Cn1cnc2ccccc2c1=O)NC1CCCN(c2ncccn2)C1. The molecule has 0 aliphatic carbocycles. The molecule has 1 saturated heterocycles. The summed E-state index contributed by atoms with van der Waals surface area (Å²) in [6, 6.07) is 8.90. The number of nitrogens with one attached hydrogen (secondary N) is 1. The molecule has 0 saturated carbocycles. The molecule has 27 heavy (non-hydrogen) atoms. The molecular weight excluding hydrogens is 344 g/mol. The molecule has 1 aliphatic rings. The molecule has 2 aromatic heterocycles. The average molecular weight is 364 g/mol. The van der Waals surface area contributed by atoms with Crippen molar-refractivity contribution in [3.05, 3.63) is 59.4 Å². The normalized spacial score (nSPS) is 17.0. The van der Waals surface area contributed by atoms with Gasteiger partial charge in [0.2, 0.25) is 11.9 Å². The van der Waals surface area contributed by atoms with Gasteiger partial charge in [-0.05, 0) is 31.0 Å². The summed E-state index contributed by atoms with van der Waals surface area (Å²) < 4.78 is 1.35. The van der Waals surface area contributed by atoms with E-state index in [1.165, 1.54) is 10.9 Å². The van der Waals surface area contributed by atoms with Crippen molar-refractivity contribution < 1.29 is 4.79 Å². The van der Waals surface area contributed by atoms with Crippen LogP contribution in [-0.4, -0.2) is 44.6 Å². The number of fused-ring (bicyclic) bond motifs is 1. The van der Waals surface area contributed by atoms with Crippen molar-refractivity contribution in [3.63, 3.8) is 0 Å². The summed E-state index contributed by atoms with van der Waals surface area (Å²) in [5, 5.41) is 3.53. The van der Waals surface area contributed by atoms with E-state index in [2.05, 4.69) is 25.2 Å². The van der Waals surface area contributed by atoms with Gasteiger partial charge in [-0.25, -0.2) is 15.0 Å². The zero-order valence-corrected chi connectivity index (χ0v) is 14.8. The van der Waals surface area contributed by atoms with Crippen molar-refractivity contribution in [1.82, 2.24) is 24.8 Å². The van der Waals surface area contributed by atoms with Crippen LogP contribution in [-0.2, 0) is 11.3 Å². The second-order valence-electron chi connectivity index (χ2n) is 6.60. The van der Waals surface area contributed by atoms with Gasteiger partial charge >= 0.3 is 0 Å². The molecule has 8 heteroatoms. The van der Waals surface area contributed by atoms with E-state index in [1.54, 1.807) is 36.7 Å². The first-order valence-electron chi connectivity index (χ1n) is 8.96. The fourth-order valence-electron chi connectivity index (χ4n) is 3.38. The number of anilines is 1. The van der Waals surface area contributed by atoms with Gasteiger partial charge in [-0.3, -0.25) is 14.2 Å². The van der Waals surface area contributed by atoms with Crippen molar-refractivity contribution in [1.29, 1.82) is 0 Å². The van der Waals surface area contributed by atoms with Crippen LogP contribution in [0.15, 0.2) is 53.8 Å². The standard InChI is InChI=1S/C19H20N6O2/c26-17(12-25-13-22-16-7-2-1-6-15(16)18(25)27)23-14-5-3-10-24(11-14)19-20-8-4-9-21-19/h1-2,4,6-9,13-14H,3,5,10-12H2,(H,23,26). The van der Waals surface area contributed by atoms with Crippen molar-refractivity contribution in [2.24, 2.45) is 0 Å². The maximum Gasteiger partial charge on any atom is 0.261 e. The van der Waals surface area contributed by atoms with Crippen molar-refractivity contribution in [2.75, 3.05) is 18.0 Å². The summed E-state index contributed by atoms with van der Waals surface area (Å²) in [4.78, 5) is 39.8. The Kier molecular flexibility index (Phi) is 4.78. The van der Waals surface area contributed by atoms with E-state index in [4.69, 9.17) is 0 Å². The van der Waals surface area contributed by atoms with Gasteiger partial charge < -0.3 is 10.2 Å². The van der Waals surface area contributed by atoms with Crippen LogP contribution < -0.4 is 15.8 Å². The Morgan fingerprint density at radius 3 is 2.81 bits per heavy atom. The number of rotatable bonds is 4. The monoisotopic (exact) mass is 364 g/mol. The molecule has 3 heterocycles. The summed E-state index contributed by atoms with van der Waals surface area (Å²) in [5.74, 6) is 0.474. The number of para-hydroxylation sites is 1. The van der Waals surface area contributed by atoms with Crippen molar-refractivity contribution in [2.45, 2.75) is 25.4 Å². The van der Waals surface area contributed by atoms with Gasteiger partial charge in [-0.1, -0.05) is 12.1 Å². The fourth-order valence-corrected chi connectivity index (χ4v) is 3.38. The zero-order chi connectivity index (χ0) is 18.6. The van der Waals surface area contributed by atoms with E-state index in [1.807, 2.05) is 6.07 Å². The minimum atomic E-state index is -0.210. The molecule has 1 atom stereocenters. The third-order valence-electron chi connectivity index (χ3n) is 4.67. The number of piperidine rings is 1. The van der Waals surface area contributed by atoms with Crippen LogP contribution in [0.4, 0.5) is 5.95 Å². The predicted molar refractivity (Wildman–Crippen MR) is 101 cm³/mol. The Balaban J connectivity index is 1.42. The molecule has 0 radical (unpaired) electrons. The molecule has 1 unspecified atom stereocenters. The molecule has 1 aromatic carbocycles. The van der Waals surface area contributed by atoms with Crippen LogP contribution in [0.5, 0.6) is 0 Å². The Labute approximate surface area is 155 Å². The lowest BCUT2D eigenvalue weighted by atomic mass is 10.1. The summed E-state index contributed by atoms with van der Waals surface area (Å²) in [6.45, 7) is 1.47. The molecule has 1 N–H and O–H groups in total. The number of carbonyl (C=O) groups excluding carboxylic acids is 1. The second-order valence-corrected chi connectivity index (χ2v) is 6.60. The van der Waals surface area contributed by atoms with Gasteiger partial charge in [-0.15, -0.1) is 0 Å². The van der Waals surface area contributed by atoms with E-state index in [0.717, 1.165) is 19.4 Å². The second kappa shape index (κ2) is 7.53. The van der Waals surface area contributed by atoms with E-state index in [0.29, 0.717) is 23.4 Å². The van der Waals surface area contributed by atoms with Crippen molar-refractivity contribution in [3.8, 4) is 0 Å². The number of hydrogen-bond donors (Lipinski definition) is 1. The maximum absolute atomic E-state index is 12.5. The number of carbonyl (C=O) groups is 1. The zero-order valence-electron chi connectivity index (χ0n) is 14.8. The molecule has 1 fully saturated rings. The summed E-state index contributed by atoms with van der Waals surface area (Å²) in [6.07, 6.45) is 6.68. The highest BCUT2D eigenvalue weighted by atomic mass is 16.2. The lowest BCUT2D eigenvalue weighted by molar-refractivity contribution is -0.122. The lowest BCUT2D eigenvalue weighted by Crippen LogP contribution is -2.49. The lowest BCUT2D eigenvalue weighted by Gasteiger charge is -2.33. The summed E-state index contributed by atoms with van der Waals surface area (Å²) in [7, 11) is 0. The molecule has 3 aromatic rings. The van der Waals surface area contributed by atoms with Crippen LogP contribution in [0, 0.1) is 0 Å². The van der Waals surface area contributed by atoms with E-state index in [-0.39, 0.29) is 24.1 Å². The first kappa shape index (κ1) is 17.1. The van der Waals surface area contributed by atoms with Crippen LogP contribution >= 0.6 is 0 Å². The highest BCUT2D eigenvalue weighted by Crippen LogP contribution is 2.15. The Morgan fingerprint density at radius 2 is 1.96 bits per heavy atom. The number of amides is 1. The number of aromatic nitrogens is 4. The molecule has 138 valence electrons. The van der Waals surface area contributed by atoms with Crippen molar-refractivity contribution >= 4 is 22.8 Å². The smallest absolute Gasteiger partial charge is 0.261 e. The fraction of sp³-hybridized carbons (Fsp3) is 0.316. The van der Waals surface area contributed by atoms with Gasteiger partial charge in [0, 0.05) is 31.5 Å². The molecule has 0 bridgehead atoms. The number of benzene rings is 1. The highest BCUT2D eigenvalue weighted by molar-refractivity contribution is 5.79. The van der Waals surface area contributed by atoms with Gasteiger partial charge in [0.1, 0.15) is 6.54 Å². The Bertz CT molecular complexity index is 1000. The Hall–Kier alpha value is -3.29. The topological polar surface area (TPSA) is 93.0 Å². The largest absolute Gasteiger partial charge is 0.350 e. The molecule has 1 amide bonds. The van der Waals surface area contributed by atoms with Gasteiger partial charge in [0.25, 0.3) is 5.56 Å². The highest BCUT2D eigenvalue weighted by Gasteiger charge is 2.23. The van der Waals surface area contributed by atoms with Crippen LogP contribution in [0.2, 0.25) is 0 Å². The number of hydrogen-bond acceptors (Lipinski definition) is 6. The third-order valence-corrected chi connectivity index (χ3v) is 4.67. The first-order chi connectivity index (χ1) is 13.2. The van der Waals surface area contributed by atoms with Gasteiger partial charge in [0.05, 0.1) is 17.2 Å². The van der Waals surface area contributed by atoms with E-state index in [9.17, 15) is 9.59 Å². The third kappa shape index (κ3) is 3.79. The number of nitrogens with zero attached hydrogens (tertiary/aromatic N) is 5. The minimum Gasteiger partial charge on any atom is -0.350 e.